The van der Waals surface area contributed by atoms with Crippen molar-refractivity contribution in [1.29, 1.82) is 0 Å². The van der Waals surface area contributed by atoms with E-state index in [0.29, 0.717) is 24.5 Å². The first-order valence-electron chi connectivity index (χ1n) is 12.8. The lowest BCUT2D eigenvalue weighted by molar-refractivity contribution is 0.389. The number of rotatable bonds is 18. The van der Waals surface area contributed by atoms with Crippen molar-refractivity contribution in [2.75, 3.05) is 12.5 Å². The summed E-state index contributed by atoms with van der Waals surface area (Å²) in [7, 11) is -9.61. The van der Waals surface area contributed by atoms with Crippen LogP contribution in [0.1, 0.15) is 111 Å². The molecule has 0 aliphatic carbocycles. The van der Waals surface area contributed by atoms with Crippen molar-refractivity contribution >= 4 is 31.3 Å². The molecule has 0 aliphatic heterocycles. The quantitative estimate of drug-likeness (QED) is 0.0760. The number of amidine groups is 2. The van der Waals surface area contributed by atoms with Crippen LogP contribution in [-0.4, -0.2) is 62.9 Å². The Kier molecular flexibility index (Phi) is 14.3. The van der Waals surface area contributed by atoms with Gasteiger partial charge in [0.2, 0.25) is 0 Å². The van der Waals surface area contributed by atoms with E-state index in [1.54, 1.807) is 0 Å². The molecule has 0 saturated carbocycles. The summed E-state index contributed by atoms with van der Waals surface area (Å²) in [6, 6.07) is -0.0515. The van der Waals surface area contributed by atoms with Gasteiger partial charge < -0.3 is 0 Å². The third-order valence-corrected chi connectivity index (χ3v) is 6.27. The molecule has 6 N–H and O–H groups in total. The Morgan fingerprint density at radius 3 is 1.00 bits per heavy atom. The highest BCUT2D eigenvalue weighted by Crippen LogP contribution is 2.15. The highest BCUT2D eigenvalue weighted by atomic mass is 32.3. The maximum absolute atomic E-state index is 11.7. The zero-order valence-electron chi connectivity index (χ0n) is 22.7. The fourth-order valence-electron chi connectivity index (χ4n) is 3.63. The van der Waals surface area contributed by atoms with Gasteiger partial charge in [-0.15, -0.1) is 0 Å². The average Bonchev–Trinajstić information content (AvgIpc) is 2.60. The van der Waals surface area contributed by atoms with Gasteiger partial charge in [0.1, 0.15) is 11.7 Å². The third-order valence-electron chi connectivity index (χ3n) is 4.86. The summed E-state index contributed by atoms with van der Waals surface area (Å²) < 4.78 is 66.2. The van der Waals surface area contributed by atoms with Gasteiger partial charge in [-0.25, -0.2) is 8.42 Å². The molecule has 10 nitrogen and oxygen atoms in total. The van der Waals surface area contributed by atoms with Gasteiger partial charge in [-0.1, -0.05) is 57.8 Å². The lowest BCUT2D eigenvalue weighted by Gasteiger charge is -2.28. The molecule has 0 radical (unpaired) electrons. The van der Waals surface area contributed by atoms with Crippen LogP contribution in [-0.2, 0) is 19.6 Å². The molecular formula is C23H52N4O6S2. The zero-order chi connectivity index (χ0) is 27.2. The lowest BCUT2D eigenvalue weighted by atomic mass is 10.0. The molecule has 0 bridgehead atoms. The van der Waals surface area contributed by atoms with Gasteiger partial charge in [-0.05, 0) is 40.5 Å². The summed E-state index contributed by atoms with van der Waals surface area (Å²) in [6.07, 6.45) is 14.6. The van der Waals surface area contributed by atoms with E-state index in [2.05, 4.69) is 19.4 Å². The van der Waals surface area contributed by atoms with E-state index < -0.39 is 19.6 Å². The fraction of sp³-hybridized carbons (Fsp3) is 0.913. The van der Waals surface area contributed by atoms with E-state index in [1.165, 1.54) is 19.3 Å². The zero-order valence-corrected chi connectivity index (χ0v) is 24.3. The van der Waals surface area contributed by atoms with Gasteiger partial charge in [0.25, 0.3) is 0 Å². The molecule has 0 aliphatic rings. The number of aliphatic imine (C=N–C) groups is 2. The predicted octanol–water partition coefficient (Wildman–Crippen LogP) is 5.47. The van der Waals surface area contributed by atoms with Crippen molar-refractivity contribution in [2.24, 2.45) is 9.98 Å². The molecule has 35 heavy (non-hydrogen) atoms. The van der Waals surface area contributed by atoms with E-state index >= 15 is 0 Å². The summed E-state index contributed by atoms with van der Waals surface area (Å²) >= 11 is 0. The molecule has 0 saturated heterocycles. The van der Waals surface area contributed by atoms with Crippen LogP contribution in [0.25, 0.3) is 0 Å². The maximum Gasteiger partial charge on any atom is 0.154 e. The molecule has 0 atom stereocenters. The second-order valence-electron chi connectivity index (χ2n) is 10.4. The Morgan fingerprint density at radius 2 is 0.800 bits per heavy atom. The molecule has 0 aromatic rings. The first-order valence-corrected chi connectivity index (χ1v) is 17.3. The maximum atomic E-state index is 11.7. The Morgan fingerprint density at radius 1 is 0.571 bits per heavy atom. The molecule has 0 spiro atoms. The van der Waals surface area contributed by atoms with Crippen LogP contribution in [0.3, 0.4) is 0 Å². The number of nitrogens with zero attached hydrogens (tertiary/aromatic N) is 2. The number of unbranched alkanes of at least 4 members (excludes halogenated alkanes) is 10. The summed E-state index contributed by atoms with van der Waals surface area (Å²) in [5, 5.41) is 0. The van der Waals surface area contributed by atoms with Gasteiger partial charge in [0.15, 0.2) is 19.6 Å². The minimum Gasteiger partial charge on any atom is -0.293 e. The van der Waals surface area contributed by atoms with Crippen LogP contribution < -0.4 is 9.44 Å². The van der Waals surface area contributed by atoms with E-state index in [-0.39, 0.29) is 12.1 Å². The smallest absolute Gasteiger partial charge is 0.154 e. The normalized spacial score (nSPS) is 16.1. The highest BCUT2D eigenvalue weighted by Gasteiger charge is 2.24. The molecule has 0 aromatic carbocycles. The Labute approximate surface area is 213 Å². The van der Waals surface area contributed by atoms with Crippen molar-refractivity contribution < 1.29 is 26.6 Å². The van der Waals surface area contributed by atoms with Crippen molar-refractivity contribution in [3.05, 3.63) is 0 Å². The number of nitrogens with one attached hydrogen (secondary N) is 2. The Balaban J connectivity index is 3.92. The van der Waals surface area contributed by atoms with Crippen molar-refractivity contribution in [3.63, 3.8) is 0 Å². The Bertz CT molecular complexity index is 727. The van der Waals surface area contributed by atoms with Gasteiger partial charge in [0.05, 0.1) is 12.5 Å². The van der Waals surface area contributed by atoms with Crippen LogP contribution in [0, 0.1) is 0 Å². The molecule has 0 heterocycles. The topological polar surface area (TPSA) is 164 Å². The first-order chi connectivity index (χ1) is 15.8. The number of hydrogen-bond donors (Lipinski definition) is 6. The second-order valence-corrected chi connectivity index (χ2v) is 15.7. The van der Waals surface area contributed by atoms with Gasteiger partial charge in [-0.2, -0.15) is 0 Å². The largest absolute Gasteiger partial charge is 0.293 e. The van der Waals surface area contributed by atoms with Crippen LogP contribution in [0.5, 0.6) is 0 Å². The molecule has 0 fully saturated rings. The standard InChI is InChI=1S/C23H52N4O6S2/c1-20(2)24-22(26-34(5,28,29)30)18-16-14-12-10-8-7-9-11-13-15-17-19-23(25-21(3)4)27-35(6,31,32)33/h20-21H,7-19H2,1-6H3,(H3,24,26,28,29,30)(H3,25,27,31,32,33). The summed E-state index contributed by atoms with van der Waals surface area (Å²) in [4.78, 5) is 8.61. The van der Waals surface area contributed by atoms with Crippen molar-refractivity contribution in [1.82, 2.24) is 9.44 Å². The molecule has 0 unspecified atom stereocenters. The van der Waals surface area contributed by atoms with Crippen LogP contribution in [0.4, 0.5) is 0 Å². The van der Waals surface area contributed by atoms with Crippen molar-refractivity contribution in [2.45, 2.75) is 123 Å². The number of hydrogen-bond acceptors (Lipinski definition) is 4. The highest BCUT2D eigenvalue weighted by molar-refractivity contribution is 8.08. The minimum absolute atomic E-state index is 0.0257. The third kappa shape index (κ3) is 26.0. The van der Waals surface area contributed by atoms with Gasteiger partial charge >= 0.3 is 0 Å². The molecule has 0 rings (SSSR count). The fourth-order valence-corrected chi connectivity index (χ4v) is 5.02. The molecular weight excluding hydrogens is 492 g/mol. The molecule has 212 valence electrons. The van der Waals surface area contributed by atoms with Crippen LogP contribution >= 0.6 is 0 Å². The van der Waals surface area contributed by atoms with E-state index in [9.17, 15) is 26.6 Å². The summed E-state index contributed by atoms with van der Waals surface area (Å²) in [5.41, 5.74) is 0. The summed E-state index contributed by atoms with van der Waals surface area (Å²) in [6.45, 7) is 7.52. The van der Waals surface area contributed by atoms with E-state index in [0.717, 1.165) is 63.9 Å². The summed E-state index contributed by atoms with van der Waals surface area (Å²) in [5.74, 6) is 0.748. The first kappa shape index (κ1) is 34.1. The lowest BCUT2D eigenvalue weighted by Crippen LogP contribution is -2.48. The second kappa shape index (κ2) is 14.7. The van der Waals surface area contributed by atoms with E-state index in [1.807, 2.05) is 27.7 Å². The molecule has 12 heteroatoms. The van der Waals surface area contributed by atoms with E-state index in [4.69, 9.17) is 0 Å². The molecule has 0 amide bonds. The monoisotopic (exact) mass is 544 g/mol. The van der Waals surface area contributed by atoms with Gasteiger partial charge in [-0.3, -0.25) is 37.6 Å². The predicted molar refractivity (Wildman–Crippen MR) is 150 cm³/mol. The van der Waals surface area contributed by atoms with Crippen LogP contribution in [0.15, 0.2) is 9.98 Å². The van der Waals surface area contributed by atoms with Crippen molar-refractivity contribution in [3.8, 4) is 0 Å². The minimum atomic E-state index is -4.80. The van der Waals surface area contributed by atoms with Gasteiger partial charge in [0, 0.05) is 24.9 Å². The average molecular weight is 545 g/mol. The van der Waals surface area contributed by atoms with Crippen LogP contribution in [0.2, 0.25) is 0 Å². The SMILES string of the molecule is CC(C)N=C(CCCCCCCCCCCCCC(=NC(C)C)NS(C)(=O)(O)O)NS(C)(=O)(O)O. The molecule has 0 aromatic heterocycles. The Hall–Kier alpha value is -0.920.